The van der Waals surface area contributed by atoms with Gasteiger partial charge in [-0.2, -0.15) is 0 Å². The minimum atomic E-state index is 0.203. The van der Waals surface area contributed by atoms with Crippen LogP contribution in [-0.4, -0.2) is 18.2 Å². The van der Waals surface area contributed by atoms with Crippen LogP contribution in [0.1, 0.15) is 26.2 Å². The number of nitrogens with zero attached hydrogens (tertiary/aromatic N) is 1. The normalized spacial score (nSPS) is 10.1. The van der Waals surface area contributed by atoms with Gasteiger partial charge in [0.05, 0.1) is 6.54 Å². The number of benzene rings is 1. The highest BCUT2D eigenvalue weighted by atomic mass is 16.3. The molecule has 0 saturated heterocycles. The van der Waals surface area contributed by atoms with Crippen molar-refractivity contribution in [2.75, 3.05) is 18.0 Å². The fraction of sp³-hybridized carbons (Fsp3) is 0.429. The number of unbranched alkanes of at least 4 members (excludes halogenated alkanes) is 2. The molecule has 1 aromatic carbocycles. The molecule has 0 bridgehead atoms. The van der Waals surface area contributed by atoms with Crippen LogP contribution in [0.25, 0.3) is 0 Å². The molecule has 0 saturated carbocycles. The Hall–Kier alpha value is -1.44. The molecule has 1 aromatic rings. The maximum Gasteiger partial charge on any atom is 0.104 e. The van der Waals surface area contributed by atoms with E-state index in [4.69, 9.17) is 0 Å². The first-order valence-corrected chi connectivity index (χ1v) is 5.82. The van der Waals surface area contributed by atoms with Crippen molar-refractivity contribution in [2.24, 2.45) is 0 Å². The Morgan fingerprint density at radius 3 is 2.81 bits per heavy atom. The van der Waals surface area contributed by atoms with Crippen LogP contribution in [0.4, 0.5) is 5.69 Å². The van der Waals surface area contributed by atoms with E-state index in [0.29, 0.717) is 6.54 Å². The summed E-state index contributed by atoms with van der Waals surface area (Å²) in [6.45, 7) is 7.16. The zero-order valence-corrected chi connectivity index (χ0v) is 9.95. The van der Waals surface area contributed by atoms with E-state index in [1.165, 1.54) is 12.8 Å². The van der Waals surface area contributed by atoms with Crippen LogP contribution in [0, 0.1) is 6.07 Å². The first-order valence-electron chi connectivity index (χ1n) is 5.82. The van der Waals surface area contributed by atoms with E-state index in [1.807, 2.05) is 24.3 Å². The number of aliphatic hydroxyl groups is 1. The van der Waals surface area contributed by atoms with E-state index in [-0.39, 0.29) is 5.76 Å². The molecular weight excluding hydrogens is 198 g/mol. The van der Waals surface area contributed by atoms with E-state index in [9.17, 15) is 5.11 Å². The first kappa shape index (κ1) is 12.6. The molecule has 1 rings (SSSR count). The molecule has 87 valence electrons. The van der Waals surface area contributed by atoms with Gasteiger partial charge in [-0.3, -0.25) is 0 Å². The van der Waals surface area contributed by atoms with Crippen LogP contribution in [-0.2, 0) is 0 Å². The SMILES string of the molecule is C=C(O)CN(CCCCC)c1[c]cccc1. The quantitative estimate of drug-likeness (QED) is 0.559. The molecule has 0 atom stereocenters. The Labute approximate surface area is 98.2 Å². The highest BCUT2D eigenvalue weighted by molar-refractivity contribution is 5.45. The molecule has 0 unspecified atom stereocenters. The van der Waals surface area contributed by atoms with Crippen molar-refractivity contribution >= 4 is 5.69 Å². The fourth-order valence-corrected chi connectivity index (χ4v) is 1.64. The maximum absolute atomic E-state index is 9.29. The van der Waals surface area contributed by atoms with Gasteiger partial charge in [0.15, 0.2) is 0 Å². The van der Waals surface area contributed by atoms with E-state index in [0.717, 1.165) is 18.7 Å². The molecule has 0 fully saturated rings. The molecule has 0 aliphatic carbocycles. The average molecular weight is 218 g/mol. The van der Waals surface area contributed by atoms with Gasteiger partial charge in [0.1, 0.15) is 5.76 Å². The molecule has 0 heterocycles. The summed E-state index contributed by atoms with van der Waals surface area (Å²) >= 11 is 0. The molecule has 1 radical (unpaired) electrons. The van der Waals surface area contributed by atoms with Crippen molar-refractivity contribution in [3.8, 4) is 0 Å². The van der Waals surface area contributed by atoms with Gasteiger partial charge >= 0.3 is 0 Å². The Morgan fingerprint density at radius 2 is 2.25 bits per heavy atom. The summed E-state index contributed by atoms with van der Waals surface area (Å²) in [5, 5.41) is 9.29. The van der Waals surface area contributed by atoms with Crippen molar-refractivity contribution < 1.29 is 5.11 Å². The minimum absolute atomic E-state index is 0.203. The van der Waals surface area contributed by atoms with Crippen LogP contribution in [0.3, 0.4) is 0 Å². The summed E-state index contributed by atoms with van der Waals surface area (Å²) in [6, 6.07) is 11.0. The molecule has 1 N–H and O–H groups in total. The summed E-state index contributed by atoms with van der Waals surface area (Å²) in [5.74, 6) is 0.203. The lowest BCUT2D eigenvalue weighted by atomic mass is 10.2. The average Bonchev–Trinajstić information content (AvgIpc) is 2.29. The fourth-order valence-electron chi connectivity index (χ4n) is 1.64. The van der Waals surface area contributed by atoms with Gasteiger partial charge in [-0.05, 0) is 12.5 Å². The van der Waals surface area contributed by atoms with Crippen molar-refractivity contribution in [3.63, 3.8) is 0 Å². The number of aliphatic hydroxyl groups excluding tert-OH is 1. The lowest BCUT2D eigenvalue weighted by Crippen LogP contribution is -2.26. The summed E-state index contributed by atoms with van der Waals surface area (Å²) in [5.41, 5.74) is 1.02. The molecule has 2 nitrogen and oxygen atoms in total. The third-order valence-electron chi connectivity index (χ3n) is 2.44. The molecule has 0 amide bonds. The van der Waals surface area contributed by atoms with Crippen LogP contribution >= 0.6 is 0 Å². The highest BCUT2D eigenvalue weighted by Crippen LogP contribution is 2.14. The lowest BCUT2D eigenvalue weighted by Gasteiger charge is -2.23. The van der Waals surface area contributed by atoms with Gasteiger partial charge < -0.3 is 10.0 Å². The van der Waals surface area contributed by atoms with E-state index >= 15 is 0 Å². The second-order valence-corrected chi connectivity index (χ2v) is 3.94. The first-order chi connectivity index (χ1) is 7.74. The Bertz CT molecular complexity index is 308. The summed E-state index contributed by atoms with van der Waals surface area (Å²) in [6.07, 6.45) is 3.54. The molecule has 0 aliphatic heterocycles. The summed E-state index contributed by atoms with van der Waals surface area (Å²) < 4.78 is 0. The molecule has 0 aliphatic rings. The van der Waals surface area contributed by atoms with E-state index < -0.39 is 0 Å². The predicted octanol–water partition coefficient (Wildman–Crippen LogP) is 3.56. The van der Waals surface area contributed by atoms with Gasteiger partial charge in [0.25, 0.3) is 0 Å². The standard InChI is InChI=1S/C14H20NO/c1-3-4-8-11-15(12-13(2)16)14-9-6-5-7-10-14/h5-7,9,16H,2-4,8,11-12H2,1H3. The summed E-state index contributed by atoms with van der Waals surface area (Å²) in [7, 11) is 0. The second kappa shape index (κ2) is 6.94. The van der Waals surface area contributed by atoms with Gasteiger partial charge in [-0.25, -0.2) is 0 Å². The van der Waals surface area contributed by atoms with Gasteiger partial charge in [0, 0.05) is 18.3 Å². The van der Waals surface area contributed by atoms with Crippen LogP contribution in [0.15, 0.2) is 36.6 Å². The van der Waals surface area contributed by atoms with Crippen LogP contribution in [0.5, 0.6) is 0 Å². The molecule has 16 heavy (non-hydrogen) atoms. The predicted molar refractivity (Wildman–Crippen MR) is 68.8 cm³/mol. The number of rotatable bonds is 7. The second-order valence-electron chi connectivity index (χ2n) is 3.94. The maximum atomic E-state index is 9.29. The lowest BCUT2D eigenvalue weighted by molar-refractivity contribution is 0.400. The number of para-hydroxylation sites is 1. The minimum Gasteiger partial charge on any atom is -0.511 e. The number of hydrogen-bond donors (Lipinski definition) is 1. The zero-order valence-electron chi connectivity index (χ0n) is 9.95. The zero-order chi connectivity index (χ0) is 11.8. The van der Waals surface area contributed by atoms with E-state index in [1.54, 1.807) is 0 Å². The van der Waals surface area contributed by atoms with Gasteiger partial charge in [-0.1, -0.05) is 44.5 Å². The van der Waals surface area contributed by atoms with Crippen molar-refractivity contribution in [3.05, 3.63) is 42.7 Å². The largest absolute Gasteiger partial charge is 0.511 e. The topological polar surface area (TPSA) is 23.5 Å². The van der Waals surface area contributed by atoms with Crippen LogP contribution in [0.2, 0.25) is 0 Å². The molecule has 0 spiro atoms. The third-order valence-corrected chi connectivity index (χ3v) is 2.44. The molecule has 2 heteroatoms. The van der Waals surface area contributed by atoms with E-state index in [2.05, 4.69) is 24.5 Å². The van der Waals surface area contributed by atoms with Crippen LogP contribution < -0.4 is 4.90 Å². The van der Waals surface area contributed by atoms with Crippen molar-refractivity contribution in [1.29, 1.82) is 0 Å². The monoisotopic (exact) mass is 218 g/mol. The van der Waals surface area contributed by atoms with Crippen molar-refractivity contribution in [2.45, 2.75) is 26.2 Å². The Balaban J connectivity index is 2.60. The van der Waals surface area contributed by atoms with Gasteiger partial charge in [-0.15, -0.1) is 0 Å². The number of anilines is 1. The molecule has 0 aromatic heterocycles. The summed E-state index contributed by atoms with van der Waals surface area (Å²) in [4.78, 5) is 2.11. The van der Waals surface area contributed by atoms with Gasteiger partial charge in [0.2, 0.25) is 0 Å². The molecular formula is C14H20NO. The van der Waals surface area contributed by atoms with Crippen molar-refractivity contribution in [1.82, 2.24) is 0 Å². The number of hydrogen-bond acceptors (Lipinski definition) is 2. The third kappa shape index (κ3) is 4.39. The Kier molecular flexibility index (Phi) is 5.48. The Morgan fingerprint density at radius 1 is 1.44 bits per heavy atom. The smallest absolute Gasteiger partial charge is 0.104 e. The highest BCUT2D eigenvalue weighted by Gasteiger charge is 2.06.